The van der Waals surface area contributed by atoms with Gasteiger partial charge in [-0.1, -0.05) is 24.3 Å². The van der Waals surface area contributed by atoms with Crippen LogP contribution in [0.4, 0.5) is 0 Å². The Hall–Kier alpha value is -2.86. The molecule has 0 saturated carbocycles. The highest BCUT2D eigenvalue weighted by molar-refractivity contribution is 5.95. The summed E-state index contributed by atoms with van der Waals surface area (Å²) in [7, 11) is 0. The van der Waals surface area contributed by atoms with Crippen LogP contribution in [0.1, 0.15) is 46.4 Å². The number of hydrogen-bond donors (Lipinski definition) is 1. The second-order valence-corrected chi connectivity index (χ2v) is 7.88. The number of piperidine rings is 1. The van der Waals surface area contributed by atoms with E-state index in [4.69, 9.17) is 9.47 Å². The summed E-state index contributed by atoms with van der Waals surface area (Å²) >= 11 is 0. The third kappa shape index (κ3) is 5.19. The van der Waals surface area contributed by atoms with Gasteiger partial charge in [0.2, 0.25) is 0 Å². The molecule has 2 amide bonds. The molecule has 6 nitrogen and oxygen atoms in total. The van der Waals surface area contributed by atoms with E-state index in [1.807, 2.05) is 53.4 Å². The van der Waals surface area contributed by atoms with Gasteiger partial charge >= 0.3 is 0 Å². The number of benzene rings is 2. The third-order valence-electron chi connectivity index (χ3n) is 5.69. The van der Waals surface area contributed by atoms with Crippen molar-refractivity contribution in [2.75, 3.05) is 26.3 Å². The van der Waals surface area contributed by atoms with E-state index in [9.17, 15) is 9.59 Å². The molecule has 2 aliphatic rings. The molecule has 2 aromatic rings. The first kappa shape index (κ1) is 20.4. The van der Waals surface area contributed by atoms with Gasteiger partial charge in [-0.3, -0.25) is 9.59 Å². The van der Waals surface area contributed by atoms with Crippen LogP contribution in [0.15, 0.2) is 54.6 Å². The summed E-state index contributed by atoms with van der Waals surface area (Å²) in [6, 6.07) is 16.7. The van der Waals surface area contributed by atoms with Crippen molar-refractivity contribution < 1.29 is 19.1 Å². The summed E-state index contributed by atoms with van der Waals surface area (Å²) in [5.41, 5.74) is 1.29. The molecule has 0 aliphatic carbocycles. The van der Waals surface area contributed by atoms with Crippen LogP contribution < -0.4 is 10.1 Å². The van der Waals surface area contributed by atoms with E-state index >= 15 is 0 Å². The van der Waals surface area contributed by atoms with E-state index in [1.165, 1.54) is 0 Å². The monoisotopic (exact) mass is 408 g/mol. The predicted octanol–water partition coefficient (Wildman–Crippen LogP) is 3.28. The topological polar surface area (TPSA) is 67.9 Å². The molecule has 0 bridgehead atoms. The summed E-state index contributed by atoms with van der Waals surface area (Å²) in [5, 5.41) is 3.08. The molecule has 30 heavy (non-hydrogen) atoms. The molecule has 158 valence electrons. The quantitative estimate of drug-likeness (QED) is 0.797. The Morgan fingerprint density at radius 2 is 1.77 bits per heavy atom. The fourth-order valence-corrected chi connectivity index (χ4v) is 3.95. The molecule has 2 saturated heterocycles. The molecule has 0 spiro atoms. The zero-order valence-electron chi connectivity index (χ0n) is 17.1. The lowest BCUT2D eigenvalue weighted by Gasteiger charge is -2.32. The van der Waals surface area contributed by atoms with Crippen LogP contribution in [-0.4, -0.2) is 55.2 Å². The van der Waals surface area contributed by atoms with Crippen molar-refractivity contribution in [2.45, 2.75) is 37.8 Å². The summed E-state index contributed by atoms with van der Waals surface area (Å²) < 4.78 is 11.4. The van der Waals surface area contributed by atoms with Crippen LogP contribution in [0.5, 0.6) is 5.75 Å². The average Bonchev–Trinajstić information content (AvgIpc) is 3.32. The fourth-order valence-electron chi connectivity index (χ4n) is 3.95. The van der Waals surface area contributed by atoms with Crippen molar-refractivity contribution in [2.24, 2.45) is 0 Å². The number of likely N-dealkylation sites (tertiary alicyclic amines) is 1. The second kappa shape index (κ2) is 9.76. The minimum atomic E-state index is -0.0588. The average molecular weight is 408 g/mol. The lowest BCUT2D eigenvalue weighted by molar-refractivity contribution is 0.0673. The van der Waals surface area contributed by atoms with Gasteiger partial charge in [0.15, 0.2) is 0 Å². The van der Waals surface area contributed by atoms with Gasteiger partial charge in [-0.05, 0) is 56.0 Å². The maximum absolute atomic E-state index is 12.9. The third-order valence-corrected chi connectivity index (χ3v) is 5.69. The Morgan fingerprint density at radius 3 is 2.50 bits per heavy atom. The molecule has 1 unspecified atom stereocenters. The van der Waals surface area contributed by atoms with Crippen molar-refractivity contribution in [3.05, 3.63) is 65.7 Å². The maximum atomic E-state index is 12.9. The highest BCUT2D eigenvalue weighted by Crippen LogP contribution is 2.20. The van der Waals surface area contributed by atoms with Crippen molar-refractivity contribution in [1.82, 2.24) is 10.2 Å². The lowest BCUT2D eigenvalue weighted by Crippen LogP contribution is -2.46. The highest BCUT2D eigenvalue weighted by atomic mass is 16.5. The number of nitrogens with zero attached hydrogens (tertiary/aromatic N) is 1. The van der Waals surface area contributed by atoms with E-state index < -0.39 is 0 Å². The van der Waals surface area contributed by atoms with Gasteiger partial charge in [0.25, 0.3) is 11.8 Å². The second-order valence-electron chi connectivity index (χ2n) is 7.88. The van der Waals surface area contributed by atoms with E-state index in [0.29, 0.717) is 36.6 Å². The van der Waals surface area contributed by atoms with Crippen LogP contribution in [0, 0.1) is 0 Å². The molecular formula is C24H28N2O4. The van der Waals surface area contributed by atoms with Crippen LogP contribution in [0.25, 0.3) is 0 Å². The van der Waals surface area contributed by atoms with Crippen molar-refractivity contribution in [1.29, 1.82) is 0 Å². The van der Waals surface area contributed by atoms with Gasteiger partial charge in [0.1, 0.15) is 12.4 Å². The molecule has 2 aliphatic heterocycles. The van der Waals surface area contributed by atoms with Gasteiger partial charge < -0.3 is 19.7 Å². The van der Waals surface area contributed by atoms with Crippen molar-refractivity contribution in [3.63, 3.8) is 0 Å². The number of rotatable bonds is 6. The lowest BCUT2D eigenvalue weighted by atomic mass is 10.0. The predicted molar refractivity (Wildman–Crippen MR) is 114 cm³/mol. The Morgan fingerprint density at radius 1 is 1.00 bits per heavy atom. The SMILES string of the molecule is O=C(NC1CCN(C(=O)c2cccc(OCC3CCCO3)c2)CC1)c1ccccc1. The Kier molecular flexibility index (Phi) is 6.64. The summed E-state index contributed by atoms with van der Waals surface area (Å²) in [5.74, 6) is 0.642. The van der Waals surface area contributed by atoms with E-state index in [2.05, 4.69) is 5.32 Å². The number of amides is 2. The maximum Gasteiger partial charge on any atom is 0.253 e. The van der Waals surface area contributed by atoms with Gasteiger partial charge in [0.05, 0.1) is 6.10 Å². The van der Waals surface area contributed by atoms with E-state index in [1.54, 1.807) is 6.07 Å². The molecular weight excluding hydrogens is 380 g/mol. The normalized spacial score (nSPS) is 19.5. The molecule has 6 heteroatoms. The van der Waals surface area contributed by atoms with Gasteiger partial charge in [0, 0.05) is 36.9 Å². The number of hydrogen-bond acceptors (Lipinski definition) is 4. The van der Waals surface area contributed by atoms with Gasteiger partial charge in [-0.25, -0.2) is 0 Å². The van der Waals surface area contributed by atoms with Gasteiger partial charge in [-0.15, -0.1) is 0 Å². The largest absolute Gasteiger partial charge is 0.491 e. The van der Waals surface area contributed by atoms with E-state index in [-0.39, 0.29) is 24.0 Å². The summed E-state index contributed by atoms with van der Waals surface area (Å²) in [6.45, 7) is 2.57. The highest BCUT2D eigenvalue weighted by Gasteiger charge is 2.25. The molecule has 0 aromatic heterocycles. The first-order valence-corrected chi connectivity index (χ1v) is 10.7. The van der Waals surface area contributed by atoms with Gasteiger partial charge in [-0.2, -0.15) is 0 Å². The van der Waals surface area contributed by atoms with E-state index in [0.717, 1.165) is 32.3 Å². The molecule has 1 atom stereocenters. The number of nitrogens with one attached hydrogen (secondary N) is 1. The Balaban J connectivity index is 1.27. The molecule has 4 rings (SSSR count). The Bertz CT molecular complexity index is 857. The van der Waals surface area contributed by atoms with Crippen LogP contribution in [0.2, 0.25) is 0 Å². The number of carbonyl (C=O) groups is 2. The first-order valence-electron chi connectivity index (χ1n) is 10.7. The standard InChI is InChI=1S/C24H28N2O4/c27-23(18-6-2-1-3-7-18)25-20-11-13-26(14-12-20)24(28)19-8-4-9-21(16-19)30-17-22-10-5-15-29-22/h1-4,6-9,16,20,22H,5,10-15,17H2,(H,25,27). The minimum absolute atomic E-state index is 0.00500. The van der Waals surface area contributed by atoms with Crippen LogP contribution in [0.3, 0.4) is 0 Å². The molecule has 0 radical (unpaired) electrons. The number of carbonyl (C=O) groups excluding carboxylic acids is 2. The zero-order valence-corrected chi connectivity index (χ0v) is 17.1. The molecule has 1 N–H and O–H groups in total. The minimum Gasteiger partial charge on any atom is -0.491 e. The molecule has 2 fully saturated rings. The zero-order chi connectivity index (χ0) is 20.8. The fraction of sp³-hybridized carbons (Fsp3) is 0.417. The smallest absolute Gasteiger partial charge is 0.253 e. The van der Waals surface area contributed by atoms with Crippen LogP contribution in [-0.2, 0) is 4.74 Å². The first-order chi connectivity index (χ1) is 14.7. The molecule has 2 aromatic carbocycles. The number of ether oxygens (including phenoxy) is 2. The Labute approximate surface area is 177 Å². The molecule has 2 heterocycles. The van der Waals surface area contributed by atoms with Crippen molar-refractivity contribution >= 4 is 11.8 Å². The summed E-state index contributed by atoms with van der Waals surface area (Å²) in [4.78, 5) is 27.1. The van der Waals surface area contributed by atoms with Crippen molar-refractivity contribution in [3.8, 4) is 5.75 Å². The summed E-state index contributed by atoms with van der Waals surface area (Å²) in [6.07, 6.45) is 3.75. The van der Waals surface area contributed by atoms with Crippen LogP contribution >= 0.6 is 0 Å².